The Balaban J connectivity index is 4.70. The van der Waals surface area contributed by atoms with E-state index in [2.05, 4.69) is 0 Å². The first kappa shape index (κ1) is 18.4. The van der Waals surface area contributed by atoms with Crippen LogP contribution in [0.5, 0.6) is 0 Å². The van der Waals surface area contributed by atoms with E-state index in [4.69, 9.17) is 18.9 Å². The number of carbonyl (C=O) groups excluding carboxylic acids is 1. The van der Waals surface area contributed by atoms with Crippen LogP contribution in [0.15, 0.2) is 0 Å². The maximum Gasteiger partial charge on any atom is 0.463 e. The van der Waals surface area contributed by atoms with Gasteiger partial charge in [0.2, 0.25) is 0 Å². The van der Waals surface area contributed by atoms with Gasteiger partial charge in [0.15, 0.2) is 0 Å². The molecule has 0 heterocycles. The monoisotopic (exact) mass is 276 g/mol. The maximum atomic E-state index is 11.7. The molecule has 5 nitrogen and oxygen atoms in total. The SMILES string of the molecule is CCCOC(OCCC)(OCCC)OC(=O)CCC. The fourth-order valence-electron chi connectivity index (χ4n) is 1.29. The molecular weight excluding hydrogens is 248 g/mol. The molecule has 0 aliphatic heterocycles. The molecule has 0 unspecified atom stereocenters. The van der Waals surface area contributed by atoms with E-state index in [0.29, 0.717) is 32.7 Å². The average molecular weight is 276 g/mol. The van der Waals surface area contributed by atoms with Crippen LogP contribution in [0.4, 0.5) is 0 Å². The van der Waals surface area contributed by atoms with Gasteiger partial charge in [-0.25, -0.2) is 0 Å². The van der Waals surface area contributed by atoms with Crippen LogP contribution in [0.3, 0.4) is 0 Å². The van der Waals surface area contributed by atoms with Crippen molar-refractivity contribution in [2.24, 2.45) is 0 Å². The third kappa shape index (κ3) is 8.18. The third-order valence-corrected chi connectivity index (χ3v) is 2.14. The molecule has 0 spiro atoms. The molecule has 0 saturated carbocycles. The molecule has 0 aromatic rings. The number of hydrogen-bond acceptors (Lipinski definition) is 5. The van der Waals surface area contributed by atoms with E-state index in [1.54, 1.807) is 0 Å². The summed E-state index contributed by atoms with van der Waals surface area (Å²) < 4.78 is 21.8. The summed E-state index contributed by atoms with van der Waals surface area (Å²) in [6, 6.07) is 0. The Bertz CT molecular complexity index is 208. The van der Waals surface area contributed by atoms with Gasteiger partial charge in [0.1, 0.15) is 0 Å². The molecule has 0 atom stereocenters. The van der Waals surface area contributed by atoms with Gasteiger partial charge in [0.05, 0.1) is 19.8 Å². The first-order valence-electron chi connectivity index (χ1n) is 7.27. The summed E-state index contributed by atoms with van der Waals surface area (Å²) in [6.45, 7) is 9.05. The Kier molecular flexibility index (Phi) is 10.8. The van der Waals surface area contributed by atoms with Gasteiger partial charge in [-0.3, -0.25) is 19.0 Å². The number of rotatable bonds is 12. The summed E-state index contributed by atoms with van der Waals surface area (Å²) in [5.74, 6) is -0.370. The minimum Gasteiger partial charge on any atom is -0.384 e. The van der Waals surface area contributed by atoms with Crippen molar-refractivity contribution in [3.8, 4) is 0 Å². The molecule has 114 valence electrons. The number of ether oxygens (including phenoxy) is 4. The van der Waals surface area contributed by atoms with Crippen LogP contribution in [0.2, 0.25) is 0 Å². The van der Waals surface area contributed by atoms with Crippen LogP contribution in [-0.2, 0) is 23.7 Å². The fourth-order valence-corrected chi connectivity index (χ4v) is 1.29. The van der Waals surface area contributed by atoms with Crippen molar-refractivity contribution in [1.29, 1.82) is 0 Å². The van der Waals surface area contributed by atoms with Crippen molar-refractivity contribution in [1.82, 2.24) is 0 Å². The van der Waals surface area contributed by atoms with Crippen molar-refractivity contribution >= 4 is 5.97 Å². The summed E-state index contributed by atoms with van der Waals surface area (Å²) in [4.78, 5) is 11.7. The summed E-state index contributed by atoms with van der Waals surface area (Å²) in [6.07, 6.45) is 1.73. The molecule has 0 bridgehead atoms. The van der Waals surface area contributed by atoms with E-state index >= 15 is 0 Å². The predicted molar refractivity (Wildman–Crippen MR) is 72.5 cm³/mol. The largest absolute Gasteiger partial charge is 0.463 e. The second kappa shape index (κ2) is 11.2. The zero-order valence-electron chi connectivity index (χ0n) is 12.7. The molecule has 19 heavy (non-hydrogen) atoms. The molecule has 0 aliphatic carbocycles. The quantitative estimate of drug-likeness (QED) is 0.404. The first-order chi connectivity index (χ1) is 9.14. The van der Waals surface area contributed by atoms with E-state index < -0.39 is 6.16 Å². The van der Waals surface area contributed by atoms with Crippen LogP contribution >= 0.6 is 0 Å². The van der Waals surface area contributed by atoms with Gasteiger partial charge in [0.25, 0.3) is 0 Å². The Morgan fingerprint density at radius 1 is 0.789 bits per heavy atom. The Labute approximate surface area is 116 Å². The summed E-state index contributed by atoms with van der Waals surface area (Å²) >= 11 is 0. The van der Waals surface area contributed by atoms with Crippen LogP contribution in [0.1, 0.15) is 59.8 Å². The van der Waals surface area contributed by atoms with Crippen molar-refractivity contribution in [2.45, 2.75) is 66.0 Å². The standard InChI is InChI=1S/C14H28O5/c1-5-9-13(15)19-14(16-10-6-2,17-11-7-3)18-12-8-4/h5-12H2,1-4H3. The molecule has 0 N–H and O–H groups in total. The van der Waals surface area contributed by atoms with E-state index in [9.17, 15) is 4.79 Å². The second-order valence-corrected chi connectivity index (χ2v) is 4.27. The molecule has 0 radical (unpaired) electrons. The van der Waals surface area contributed by atoms with Crippen LogP contribution in [0.25, 0.3) is 0 Å². The highest BCUT2D eigenvalue weighted by molar-refractivity contribution is 5.69. The molecule has 0 rings (SSSR count). The summed E-state index contributed by atoms with van der Waals surface area (Å²) in [7, 11) is 0. The highest BCUT2D eigenvalue weighted by Gasteiger charge is 2.38. The zero-order valence-corrected chi connectivity index (χ0v) is 12.7. The van der Waals surface area contributed by atoms with Gasteiger partial charge < -0.3 is 4.74 Å². The van der Waals surface area contributed by atoms with Crippen LogP contribution in [0, 0.1) is 0 Å². The van der Waals surface area contributed by atoms with E-state index in [1.165, 1.54) is 0 Å². The van der Waals surface area contributed by atoms with E-state index in [1.807, 2.05) is 27.7 Å². The number of esters is 1. The average Bonchev–Trinajstić information content (AvgIpc) is 2.40. The Morgan fingerprint density at radius 2 is 1.21 bits per heavy atom. The first-order valence-corrected chi connectivity index (χ1v) is 7.27. The minimum atomic E-state index is -1.67. The van der Waals surface area contributed by atoms with Crippen molar-refractivity contribution < 1.29 is 23.7 Å². The normalized spacial score (nSPS) is 11.6. The highest BCUT2D eigenvalue weighted by atomic mass is 17.0. The minimum absolute atomic E-state index is 0.322. The maximum absolute atomic E-state index is 11.7. The Morgan fingerprint density at radius 3 is 1.53 bits per heavy atom. The lowest BCUT2D eigenvalue weighted by Crippen LogP contribution is -2.44. The third-order valence-electron chi connectivity index (χ3n) is 2.14. The zero-order chi connectivity index (χ0) is 14.6. The van der Waals surface area contributed by atoms with Crippen LogP contribution in [-0.4, -0.2) is 31.9 Å². The second-order valence-electron chi connectivity index (χ2n) is 4.27. The molecule has 5 heteroatoms. The van der Waals surface area contributed by atoms with Gasteiger partial charge in [-0.15, -0.1) is 0 Å². The molecule has 0 saturated heterocycles. The summed E-state index contributed by atoms with van der Waals surface area (Å²) in [5.41, 5.74) is 0. The van der Waals surface area contributed by atoms with Gasteiger partial charge >= 0.3 is 12.1 Å². The number of hydrogen-bond donors (Lipinski definition) is 0. The van der Waals surface area contributed by atoms with E-state index in [-0.39, 0.29) is 5.97 Å². The van der Waals surface area contributed by atoms with Gasteiger partial charge in [-0.2, -0.15) is 0 Å². The van der Waals surface area contributed by atoms with E-state index in [0.717, 1.165) is 19.3 Å². The Hall–Kier alpha value is -0.650. The molecule has 0 amide bonds. The van der Waals surface area contributed by atoms with Crippen molar-refractivity contribution in [3.05, 3.63) is 0 Å². The molecule has 0 aliphatic rings. The lowest BCUT2D eigenvalue weighted by molar-refractivity contribution is -0.482. The molecular formula is C14H28O5. The molecule has 0 fully saturated rings. The van der Waals surface area contributed by atoms with Crippen molar-refractivity contribution in [3.63, 3.8) is 0 Å². The molecule has 0 aromatic carbocycles. The highest BCUT2D eigenvalue weighted by Crippen LogP contribution is 2.20. The molecule has 0 aromatic heterocycles. The van der Waals surface area contributed by atoms with Gasteiger partial charge in [0, 0.05) is 6.42 Å². The smallest absolute Gasteiger partial charge is 0.384 e. The summed E-state index contributed by atoms with van der Waals surface area (Å²) in [5, 5.41) is 0. The van der Waals surface area contributed by atoms with Crippen LogP contribution < -0.4 is 0 Å². The topological polar surface area (TPSA) is 54.0 Å². The predicted octanol–water partition coefficient (Wildman–Crippen LogP) is 3.22. The lowest BCUT2D eigenvalue weighted by Gasteiger charge is -2.31. The van der Waals surface area contributed by atoms with Crippen molar-refractivity contribution in [2.75, 3.05) is 19.8 Å². The lowest BCUT2D eigenvalue weighted by atomic mass is 10.3. The van der Waals surface area contributed by atoms with Gasteiger partial charge in [-0.05, 0) is 25.7 Å². The van der Waals surface area contributed by atoms with Gasteiger partial charge in [-0.1, -0.05) is 27.7 Å². The fraction of sp³-hybridized carbons (Fsp3) is 0.929. The number of carbonyl (C=O) groups is 1.